The predicted octanol–water partition coefficient (Wildman–Crippen LogP) is 2.83. The zero-order chi connectivity index (χ0) is 20.4. The molecule has 2 N–H and O–H groups in total. The summed E-state index contributed by atoms with van der Waals surface area (Å²) < 4.78 is 0. The fourth-order valence-electron chi connectivity index (χ4n) is 3.97. The number of nitrogens with zero attached hydrogens (tertiary/aromatic N) is 2. The Kier molecular flexibility index (Phi) is 5.78. The number of hydrogen-bond acceptors (Lipinski definition) is 5. The van der Waals surface area contributed by atoms with Crippen molar-refractivity contribution >= 4 is 27.5 Å². The first-order chi connectivity index (χ1) is 14.0. The van der Waals surface area contributed by atoms with E-state index in [2.05, 4.69) is 32.3 Å². The average molecular weight is 411 g/mol. The van der Waals surface area contributed by atoms with Gasteiger partial charge in [-0.2, -0.15) is 0 Å². The Morgan fingerprint density at radius 1 is 1.28 bits per heavy atom. The average Bonchev–Trinajstić information content (AvgIpc) is 3.28. The largest absolute Gasteiger partial charge is 0.354 e. The van der Waals surface area contributed by atoms with Crippen molar-refractivity contribution in [2.75, 3.05) is 20.6 Å². The maximum absolute atomic E-state index is 12.5. The van der Waals surface area contributed by atoms with Crippen LogP contribution in [0.5, 0.6) is 0 Å². The van der Waals surface area contributed by atoms with Gasteiger partial charge in [-0.15, -0.1) is 11.3 Å². The third kappa shape index (κ3) is 4.26. The van der Waals surface area contributed by atoms with E-state index in [1.165, 1.54) is 16.0 Å². The second-order valence-corrected chi connectivity index (χ2v) is 8.83. The molecule has 152 valence electrons. The van der Waals surface area contributed by atoms with Gasteiger partial charge in [0.15, 0.2) is 0 Å². The van der Waals surface area contributed by atoms with Crippen LogP contribution in [-0.2, 0) is 24.1 Å². The van der Waals surface area contributed by atoms with E-state index in [0.717, 1.165) is 29.5 Å². The van der Waals surface area contributed by atoms with Gasteiger partial charge in [0, 0.05) is 24.3 Å². The third-order valence-corrected chi connectivity index (χ3v) is 6.70. The maximum Gasteiger partial charge on any atom is 0.259 e. The first-order valence-electron chi connectivity index (χ1n) is 10.0. The van der Waals surface area contributed by atoms with E-state index >= 15 is 0 Å². The van der Waals surface area contributed by atoms with E-state index < -0.39 is 0 Å². The molecule has 6 nitrogen and oxygen atoms in total. The van der Waals surface area contributed by atoms with Gasteiger partial charge in [0.05, 0.1) is 11.4 Å². The van der Waals surface area contributed by atoms with Crippen LogP contribution in [0.15, 0.2) is 35.1 Å². The summed E-state index contributed by atoms with van der Waals surface area (Å²) in [7, 11) is 4.01. The smallest absolute Gasteiger partial charge is 0.259 e. The highest BCUT2D eigenvalue weighted by atomic mass is 32.1. The summed E-state index contributed by atoms with van der Waals surface area (Å²) in [6.07, 6.45) is 3.86. The van der Waals surface area contributed by atoms with Crippen molar-refractivity contribution in [3.63, 3.8) is 0 Å². The van der Waals surface area contributed by atoms with E-state index in [1.54, 1.807) is 11.3 Å². The Hall–Kier alpha value is -2.51. The van der Waals surface area contributed by atoms with Crippen LogP contribution >= 0.6 is 11.3 Å². The van der Waals surface area contributed by atoms with Crippen LogP contribution in [0.4, 0.5) is 0 Å². The summed E-state index contributed by atoms with van der Waals surface area (Å²) in [6.45, 7) is 0.538. The Morgan fingerprint density at radius 2 is 2.07 bits per heavy atom. The quantitative estimate of drug-likeness (QED) is 0.628. The van der Waals surface area contributed by atoms with Crippen LogP contribution in [0.25, 0.3) is 10.2 Å². The molecule has 0 saturated heterocycles. The summed E-state index contributed by atoms with van der Waals surface area (Å²) in [5, 5.41) is 3.78. The minimum atomic E-state index is -0.0680. The highest BCUT2D eigenvalue weighted by molar-refractivity contribution is 7.18. The summed E-state index contributed by atoms with van der Waals surface area (Å²) in [5.41, 5.74) is 2.28. The number of thiophene rings is 1. The molecule has 4 rings (SSSR count). The monoisotopic (exact) mass is 410 g/mol. The Morgan fingerprint density at radius 3 is 2.83 bits per heavy atom. The van der Waals surface area contributed by atoms with Crippen LogP contribution < -0.4 is 10.9 Å². The summed E-state index contributed by atoms with van der Waals surface area (Å²) >= 11 is 1.63. The fraction of sp³-hybridized carbons (Fsp3) is 0.409. The molecule has 1 amide bonds. The van der Waals surface area contributed by atoms with Crippen molar-refractivity contribution in [1.82, 2.24) is 20.2 Å². The molecule has 0 bridgehead atoms. The van der Waals surface area contributed by atoms with Crippen LogP contribution in [0.1, 0.15) is 40.7 Å². The molecular weight excluding hydrogens is 384 g/mol. The number of fused-ring (bicyclic) bond motifs is 3. The van der Waals surface area contributed by atoms with Crippen molar-refractivity contribution in [2.24, 2.45) is 0 Å². The van der Waals surface area contributed by atoms with Crippen molar-refractivity contribution in [3.8, 4) is 0 Å². The second kappa shape index (κ2) is 8.47. The van der Waals surface area contributed by atoms with Gasteiger partial charge in [-0.3, -0.25) is 9.59 Å². The number of carbonyl (C=O) groups is 1. The molecule has 29 heavy (non-hydrogen) atoms. The molecule has 1 aromatic carbocycles. The molecule has 0 spiro atoms. The zero-order valence-electron chi connectivity index (χ0n) is 16.8. The molecule has 2 heterocycles. The first-order valence-corrected chi connectivity index (χ1v) is 10.9. The number of H-pyrrole nitrogens is 1. The van der Waals surface area contributed by atoms with Crippen LogP contribution in [-0.4, -0.2) is 41.4 Å². The van der Waals surface area contributed by atoms with Gasteiger partial charge in [0.2, 0.25) is 5.91 Å². The summed E-state index contributed by atoms with van der Waals surface area (Å²) in [5.74, 6) is 0.550. The van der Waals surface area contributed by atoms with Gasteiger partial charge >= 0.3 is 0 Å². The highest BCUT2D eigenvalue weighted by Crippen LogP contribution is 2.34. The van der Waals surface area contributed by atoms with Gasteiger partial charge in [0.1, 0.15) is 10.7 Å². The number of carbonyl (C=O) groups excluding carboxylic acids is 1. The second-order valence-electron chi connectivity index (χ2n) is 7.74. The van der Waals surface area contributed by atoms with Crippen molar-refractivity contribution in [2.45, 2.75) is 38.1 Å². The number of aromatic amines is 1. The van der Waals surface area contributed by atoms with E-state index in [0.29, 0.717) is 25.2 Å². The SMILES string of the molecule is CN(C)[C@@H](CNC(=O)CCc1nc2sc3c(c2c(=O)[nH]1)CCC3)c1ccccc1. The number of aryl methyl sites for hydroxylation is 3. The minimum absolute atomic E-state index is 0.0378. The number of rotatable bonds is 7. The molecule has 0 saturated carbocycles. The molecular formula is C22H26N4O2S. The lowest BCUT2D eigenvalue weighted by atomic mass is 10.1. The predicted molar refractivity (Wildman–Crippen MR) is 116 cm³/mol. The molecule has 1 aliphatic rings. The Balaban J connectivity index is 1.38. The third-order valence-electron chi connectivity index (χ3n) is 5.51. The standard InChI is InChI=1S/C22H26N4O2S/c1-26(2)16(14-7-4-3-5-8-14)13-23-19(27)12-11-18-24-21(28)20-15-9-6-10-17(15)29-22(20)25-18/h3-5,7-8,16H,6,9-13H2,1-2H3,(H,23,27)(H,24,25,28)/t16-/m0/s1. The van der Waals surface area contributed by atoms with E-state index in [9.17, 15) is 9.59 Å². The van der Waals surface area contributed by atoms with Crippen LogP contribution in [0.2, 0.25) is 0 Å². The molecule has 2 aromatic heterocycles. The van der Waals surface area contributed by atoms with Gasteiger partial charge in [-0.05, 0) is 44.5 Å². The molecule has 1 atom stereocenters. The normalized spacial score (nSPS) is 14.3. The number of benzene rings is 1. The van der Waals surface area contributed by atoms with Gasteiger partial charge < -0.3 is 15.2 Å². The lowest BCUT2D eigenvalue weighted by Gasteiger charge is -2.25. The minimum Gasteiger partial charge on any atom is -0.354 e. The molecule has 0 fully saturated rings. The molecule has 1 aliphatic carbocycles. The van der Waals surface area contributed by atoms with Crippen LogP contribution in [0.3, 0.4) is 0 Å². The Bertz CT molecular complexity index is 1070. The van der Waals surface area contributed by atoms with E-state index in [1.807, 2.05) is 32.3 Å². The lowest BCUT2D eigenvalue weighted by molar-refractivity contribution is -0.121. The van der Waals surface area contributed by atoms with Crippen LogP contribution in [0, 0.1) is 0 Å². The number of likely N-dealkylation sites (N-methyl/N-ethyl adjacent to an activating group) is 1. The Labute approximate surface area is 174 Å². The van der Waals surface area contributed by atoms with E-state index in [4.69, 9.17) is 0 Å². The number of nitrogens with one attached hydrogen (secondary N) is 2. The van der Waals surface area contributed by atoms with E-state index in [-0.39, 0.29) is 17.5 Å². The molecule has 0 unspecified atom stereocenters. The van der Waals surface area contributed by atoms with Gasteiger partial charge in [-0.25, -0.2) is 4.98 Å². The van der Waals surface area contributed by atoms with Crippen molar-refractivity contribution < 1.29 is 4.79 Å². The van der Waals surface area contributed by atoms with Crippen molar-refractivity contribution in [3.05, 3.63) is 62.5 Å². The molecule has 7 heteroatoms. The maximum atomic E-state index is 12.5. The number of hydrogen-bond donors (Lipinski definition) is 2. The number of amides is 1. The summed E-state index contributed by atoms with van der Waals surface area (Å²) in [4.78, 5) is 36.6. The summed E-state index contributed by atoms with van der Waals surface area (Å²) in [6, 6.07) is 10.3. The molecule has 3 aromatic rings. The lowest BCUT2D eigenvalue weighted by Crippen LogP contribution is -2.34. The highest BCUT2D eigenvalue weighted by Gasteiger charge is 2.21. The molecule has 0 aliphatic heterocycles. The zero-order valence-corrected chi connectivity index (χ0v) is 17.6. The fourth-order valence-corrected chi connectivity index (χ4v) is 5.25. The first kappa shape index (κ1) is 19.8. The van der Waals surface area contributed by atoms with Crippen molar-refractivity contribution in [1.29, 1.82) is 0 Å². The van der Waals surface area contributed by atoms with Gasteiger partial charge in [-0.1, -0.05) is 30.3 Å². The topological polar surface area (TPSA) is 78.1 Å². The molecule has 0 radical (unpaired) electrons. The number of aromatic nitrogens is 2. The van der Waals surface area contributed by atoms with Gasteiger partial charge in [0.25, 0.3) is 5.56 Å².